The smallest absolute Gasteiger partial charge is 0.309 e. The van der Waals surface area contributed by atoms with Crippen LogP contribution in [0.1, 0.15) is 44.9 Å². The molecule has 0 spiro atoms. The number of thioether (sulfide) groups is 1. The van der Waals surface area contributed by atoms with Gasteiger partial charge in [-0.1, -0.05) is 31.0 Å². The fourth-order valence-corrected chi connectivity index (χ4v) is 5.07. The molecule has 2 saturated heterocycles. The maximum absolute atomic E-state index is 12.9. The largest absolute Gasteiger partial charge is 0.352 e. The Hall–Kier alpha value is -1.03. The summed E-state index contributed by atoms with van der Waals surface area (Å²) in [7, 11) is 1.90. The number of hydrogen-bond donors (Lipinski definition) is 3. The van der Waals surface area contributed by atoms with Gasteiger partial charge in [-0.3, -0.25) is 14.4 Å². The lowest BCUT2D eigenvalue weighted by molar-refractivity contribution is -0.141. The summed E-state index contributed by atoms with van der Waals surface area (Å²) in [6.07, 6.45) is 6.52. The van der Waals surface area contributed by atoms with Gasteiger partial charge in [0.25, 0.3) is 0 Å². The summed E-state index contributed by atoms with van der Waals surface area (Å²) in [5.41, 5.74) is 2.40. The molecule has 1 aliphatic carbocycles. The Balaban J connectivity index is 0.00000225. The lowest BCUT2D eigenvalue weighted by Gasteiger charge is -2.31. The first kappa shape index (κ1) is 27.0. The monoisotopic (exact) mass is 481 g/mol. The molecule has 0 aromatic heterocycles. The number of Topliss-reactive ketones (excluding diaryl/α,β-unsaturated/α-hetero) is 1. The summed E-state index contributed by atoms with van der Waals surface area (Å²) in [6.45, 7) is 2.45. The molecule has 30 heavy (non-hydrogen) atoms. The van der Waals surface area contributed by atoms with Crippen LogP contribution in [-0.2, 0) is 14.4 Å². The van der Waals surface area contributed by atoms with Crippen LogP contribution in [0, 0.1) is 11.8 Å². The summed E-state index contributed by atoms with van der Waals surface area (Å²) in [5.74, 6) is -0.580. The van der Waals surface area contributed by atoms with E-state index >= 15 is 0 Å². The quantitative estimate of drug-likeness (QED) is 0.392. The highest BCUT2D eigenvalue weighted by Gasteiger charge is 2.36. The maximum atomic E-state index is 12.9. The molecule has 2 heterocycles. The van der Waals surface area contributed by atoms with Gasteiger partial charge in [-0.15, -0.1) is 29.9 Å². The van der Waals surface area contributed by atoms with Crippen LogP contribution in [0.4, 0.5) is 0 Å². The maximum Gasteiger partial charge on any atom is 0.309 e. The molecule has 1 saturated carbocycles. The minimum absolute atomic E-state index is 0. The van der Waals surface area contributed by atoms with Crippen LogP contribution in [0.5, 0.6) is 0 Å². The molecule has 0 bridgehead atoms. The van der Waals surface area contributed by atoms with E-state index in [-0.39, 0.29) is 42.6 Å². The number of carbonyl (C=O) groups is 3. The van der Waals surface area contributed by atoms with E-state index in [0.29, 0.717) is 5.17 Å². The van der Waals surface area contributed by atoms with E-state index in [4.69, 9.17) is 0 Å². The highest BCUT2D eigenvalue weighted by molar-refractivity contribution is 8.14. The van der Waals surface area contributed by atoms with E-state index < -0.39 is 17.7 Å². The number of nitrogens with zero attached hydrogens (tertiary/aromatic N) is 2. The minimum atomic E-state index is -0.773. The van der Waals surface area contributed by atoms with Crippen LogP contribution in [-0.4, -0.2) is 66.1 Å². The van der Waals surface area contributed by atoms with Gasteiger partial charge in [0, 0.05) is 25.3 Å². The number of carbonyl (C=O) groups excluding carboxylic acids is 3. The summed E-state index contributed by atoms with van der Waals surface area (Å²) in [5, 5.41) is 11.0. The third-order valence-electron chi connectivity index (χ3n) is 5.87. The number of piperidine rings is 1. The zero-order valence-corrected chi connectivity index (χ0v) is 19.8. The topological polar surface area (TPSA) is 103 Å². The molecule has 2 amide bonds. The lowest BCUT2D eigenvalue weighted by atomic mass is 9.85. The van der Waals surface area contributed by atoms with Crippen molar-refractivity contribution in [3.8, 4) is 0 Å². The van der Waals surface area contributed by atoms with Crippen LogP contribution in [0.25, 0.3) is 0 Å². The fraction of sp³-hybridized carbons (Fsp3) is 0.789. The van der Waals surface area contributed by atoms with Crippen molar-refractivity contribution >= 4 is 59.3 Å². The molecule has 0 radical (unpaired) electrons. The standard InChI is InChI=1S/C19H31N5O3S.2ClH/c1-24-11-12-28-19(24)23-22-18(27)16(25)15(13-7-9-20-10-8-13)21-17(26)14-5-3-2-4-6-14;;/h13-15,20H,2-12H2,1H3,(H,21,26)(H,22,27);2*1H/b23-19-;;. The molecule has 8 nitrogen and oxygen atoms in total. The van der Waals surface area contributed by atoms with Crippen LogP contribution < -0.4 is 16.1 Å². The van der Waals surface area contributed by atoms with Crippen molar-refractivity contribution in [3.63, 3.8) is 0 Å². The van der Waals surface area contributed by atoms with Gasteiger partial charge in [0.05, 0.1) is 0 Å². The van der Waals surface area contributed by atoms with Gasteiger partial charge in [-0.2, -0.15) is 0 Å². The van der Waals surface area contributed by atoms with Crippen molar-refractivity contribution in [3.05, 3.63) is 0 Å². The molecule has 0 aromatic rings. The summed E-state index contributed by atoms with van der Waals surface area (Å²) >= 11 is 1.54. The average Bonchev–Trinajstić information content (AvgIpc) is 3.15. The number of ketones is 1. The molecule has 172 valence electrons. The molecular weight excluding hydrogens is 449 g/mol. The van der Waals surface area contributed by atoms with Gasteiger partial charge in [0.1, 0.15) is 6.04 Å². The molecule has 3 fully saturated rings. The van der Waals surface area contributed by atoms with Crippen molar-refractivity contribution in [1.82, 2.24) is 21.0 Å². The molecule has 1 unspecified atom stereocenters. The number of amidine groups is 1. The Morgan fingerprint density at radius 2 is 1.77 bits per heavy atom. The Bertz CT molecular complexity index is 625. The Kier molecular flexibility index (Phi) is 12.1. The second-order valence-corrected chi connectivity index (χ2v) is 8.94. The SMILES string of the molecule is CN1CCS/C1=N\NC(=O)C(=O)C(NC(=O)C1CCCCC1)C1CCNCC1.Cl.Cl. The zero-order chi connectivity index (χ0) is 19.9. The van der Waals surface area contributed by atoms with E-state index in [1.165, 1.54) is 0 Å². The molecule has 3 aliphatic rings. The number of nitrogens with one attached hydrogen (secondary N) is 3. The van der Waals surface area contributed by atoms with Crippen LogP contribution >= 0.6 is 36.6 Å². The van der Waals surface area contributed by atoms with Gasteiger partial charge < -0.3 is 15.5 Å². The highest BCUT2D eigenvalue weighted by atomic mass is 35.5. The fourth-order valence-electron chi connectivity index (χ4n) is 4.10. The molecule has 11 heteroatoms. The minimum Gasteiger partial charge on any atom is -0.352 e. The van der Waals surface area contributed by atoms with E-state index in [9.17, 15) is 14.4 Å². The number of amides is 2. The van der Waals surface area contributed by atoms with E-state index in [1.807, 2.05) is 11.9 Å². The van der Waals surface area contributed by atoms with Crippen LogP contribution in [0.3, 0.4) is 0 Å². The van der Waals surface area contributed by atoms with Crippen molar-refractivity contribution in [2.45, 2.75) is 51.0 Å². The second kappa shape index (κ2) is 13.4. The first-order valence-corrected chi connectivity index (χ1v) is 11.3. The molecule has 1 atom stereocenters. The van der Waals surface area contributed by atoms with E-state index in [0.717, 1.165) is 70.3 Å². The van der Waals surface area contributed by atoms with E-state index in [2.05, 4.69) is 21.2 Å². The summed E-state index contributed by atoms with van der Waals surface area (Å²) in [4.78, 5) is 40.1. The van der Waals surface area contributed by atoms with Crippen LogP contribution in [0.2, 0.25) is 0 Å². The number of halogens is 2. The zero-order valence-electron chi connectivity index (χ0n) is 17.4. The van der Waals surface area contributed by atoms with Gasteiger partial charge >= 0.3 is 5.91 Å². The highest BCUT2D eigenvalue weighted by Crippen LogP contribution is 2.25. The Labute approximate surface area is 194 Å². The summed E-state index contributed by atoms with van der Waals surface area (Å²) < 4.78 is 0. The molecule has 2 aliphatic heterocycles. The number of hydrazone groups is 1. The second-order valence-electron chi connectivity index (χ2n) is 7.88. The Morgan fingerprint density at radius 1 is 1.10 bits per heavy atom. The molecule has 0 aromatic carbocycles. The third kappa shape index (κ3) is 7.28. The molecule has 3 N–H and O–H groups in total. The van der Waals surface area contributed by atoms with Gasteiger partial charge in [-0.25, -0.2) is 5.43 Å². The number of hydrogen-bond acceptors (Lipinski definition) is 6. The van der Waals surface area contributed by atoms with Crippen molar-refractivity contribution < 1.29 is 14.4 Å². The summed E-state index contributed by atoms with van der Waals surface area (Å²) in [6, 6.07) is -0.773. The normalized spacial score (nSPS) is 22.6. The predicted molar refractivity (Wildman–Crippen MR) is 124 cm³/mol. The van der Waals surface area contributed by atoms with Gasteiger partial charge in [-0.05, 0) is 44.7 Å². The predicted octanol–water partition coefficient (Wildman–Crippen LogP) is 1.53. The average molecular weight is 482 g/mol. The van der Waals surface area contributed by atoms with Crippen molar-refractivity contribution in [1.29, 1.82) is 0 Å². The van der Waals surface area contributed by atoms with Gasteiger partial charge in [0.15, 0.2) is 5.17 Å². The van der Waals surface area contributed by atoms with Crippen molar-refractivity contribution in [2.75, 3.05) is 32.4 Å². The first-order chi connectivity index (χ1) is 13.6. The third-order valence-corrected chi connectivity index (χ3v) is 6.92. The lowest BCUT2D eigenvalue weighted by Crippen LogP contribution is -2.54. The molecule has 3 rings (SSSR count). The first-order valence-electron chi connectivity index (χ1n) is 10.3. The Morgan fingerprint density at radius 3 is 2.37 bits per heavy atom. The van der Waals surface area contributed by atoms with E-state index in [1.54, 1.807) is 11.8 Å². The molecular formula is C19H33Cl2N5O3S. The van der Waals surface area contributed by atoms with Crippen molar-refractivity contribution in [2.24, 2.45) is 16.9 Å². The number of rotatable bonds is 6. The van der Waals surface area contributed by atoms with Crippen LogP contribution in [0.15, 0.2) is 5.10 Å². The van der Waals surface area contributed by atoms with Gasteiger partial charge in [0.2, 0.25) is 11.7 Å².